The van der Waals surface area contributed by atoms with Crippen LogP contribution in [-0.4, -0.2) is 38.2 Å². The molecule has 0 saturated carbocycles. The Hall–Kier alpha value is -2.24. The summed E-state index contributed by atoms with van der Waals surface area (Å²) in [5.74, 6) is -0.596. The third-order valence-electron chi connectivity index (χ3n) is 5.59. The predicted octanol–water partition coefficient (Wildman–Crippen LogP) is 1.48. The van der Waals surface area contributed by atoms with Crippen molar-refractivity contribution >= 4 is 27.2 Å². The van der Waals surface area contributed by atoms with Crippen molar-refractivity contribution in [3.63, 3.8) is 0 Å². The van der Waals surface area contributed by atoms with Gasteiger partial charge in [-0.2, -0.15) is 4.31 Å². The maximum Gasteiger partial charge on any atom is 0.243 e. The van der Waals surface area contributed by atoms with Crippen molar-refractivity contribution in [1.29, 1.82) is 0 Å². The van der Waals surface area contributed by atoms with Crippen molar-refractivity contribution < 1.29 is 8.42 Å². The van der Waals surface area contributed by atoms with Gasteiger partial charge in [0, 0.05) is 36.3 Å². The first-order chi connectivity index (χ1) is 14.9. The third kappa shape index (κ3) is 4.99. The highest BCUT2D eigenvalue weighted by Crippen LogP contribution is 2.26. The number of nitrogens with one attached hydrogen (secondary N) is 2. The van der Waals surface area contributed by atoms with Gasteiger partial charge in [-0.15, -0.1) is 11.3 Å². The van der Waals surface area contributed by atoms with Crippen molar-refractivity contribution in [2.24, 2.45) is 22.4 Å². The largest absolute Gasteiger partial charge is 0.384 e. The van der Waals surface area contributed by atoms with E-state index in [4.69, 9.17) is 11.5 Å². The van der Waals surface area contributed by atoms with Gasteiger partial charge in [0.25, 0.3) is 0 Å². The van der Waals surface area contributed by atoms with E-state index >= 15 is 0 Å². The predicted molar refractivity (Wildman–Crippen MR) is 124 cm³/mol. The van der Waals surface area contributed by atoms with Crippen LogP contribution < -0.4 is 22.1 Å². The molecule has 0 amide bonds. The molecule has 2 aliphatic heterocycles. The standard InChI is InChI=1S/C21H28N6O2S2/c22-20-9-10-25-21(23,26-20)17-5-7-19(8-6-17)31(28,29)27-11-1-3-16(15-27)13-24-14-18-4-2-12-30-18/h2,4-10,12,16,24-25H,1,3,11,13-15,23H2,(H2,22,26). The fourth-order valence-corrected chi connectivity index (χ4v) is 6.16. The average Bonchev–Trinajstić information content (AvgIpc) is 3.27. The van der Waals surface area contributed by atoms with E-state index < -0.39 is 15.8 Å². The van der Waals surface area contributed by atoms with Crippen LogP contribution in [0.5, 0.6) is 0 Å². The van der Waals surface area contributed by atoms with Gasteiger partial charge >= 0.3 is 0 Å². The number of nitrogens with zero attached hydrogens (tertiary/aromatic N) is 2. The first-order valence-electron chi connectivity index (χ1n) is 10.3. The molecule has 1 aromatic carbocycles. The molecular formula is C21H28N6O2S2. The number of benzene rings is 1. The molecule has 2 atom stereocenters. The van der Waals surface area contributed by atoms with Crippen molar-refractivity contribution in [2.75, 3.05) is 19.6 Å². The first kappa shape index (κ1) is 22.0. The number of hydrogen-bond acceptors (Lipinski definition) is 8. The van der Waals surface area contributed by atoms with Crippen molar-refractivity contribution in [2.45, 2.75) is 30.1 Å². The number of sulfonamides is 1. The Labute approximate surface area is 187 Å². The van der Waals surface area contributed by atoms with E-state index in [1.807, 2.05) is 6.07 Å². The van der Waals surface area contributed by atoms with Gasteiger partial charge in [-0.3, -0.25) is 5.73 Å². The van der Waals surface area contributed by atoms with Crippen LogP contribution in [0, 0.1) is 5.92 Å². The van der Waals surface area contributed by atoms with E-state index in [1.54, 1.807) is 52.2 Å². The van der Waals surface area contributed by atoms with Crippen LogP contribution in [0.1, 0.15) is 23.3 Å². The summed E-state index contributed by atoms with van der Waals surface area (Å²) >= 11 is 1.72. The smallest absolute Gasteiger partial charge is 0.243 e. The highest BCUT2D eigenvalue weighted by atomic mass is 32.2. The van der Waals surface area contributed by atoms with Gasteiger partial charge < -0.3 is 16.4 Å². The van der Waals surface area contributed by atoms with Crippen molar-refractivity contribution in [3.05, 3.63) is 64.5 Å². The third-order valence-corrected chi connectivity index (χ3v) is 8.34. The Morgan fingerprint density at radius 2 is 2.10 bits per heavy atom. The molecule has 2 unspecified atom stereocenters. The number of thiophene rings is 1. The fourth-order valence-electron chi connectivity index (χ4n) is 3.93. The quantitative estimate of drug-likeness (QED) is 0.496. The summed E-state index contributed by atoms with van der Waals surface area (Å²) in [4.78, 5) is 5.78. The van der Waals surface area contributed by atoms with Gasteiger partial charge in [0.05, 0.1) is 4.90 Å². The lowest BCUT2D eigenvalue weighted by molar-refractivity contribution is 0.260. The number of amidine groups is 1. The molecule has 0 radical (unpaired) electrons. The van der Waals surface area contributed by atoms with Gasteiger partial charge in [-0.25, -0.2) is 13.4 Å². The summed E-state index contributed by atoms with van der Waals surface area (Å²) in [7, 11) is -3.57. The number of piperidine rings is 1. The van der Waals surface area contributed by atoms with E-state index in [2.05, 4.69) is 27.1 Å². The molecule has 2 aromatic rings. The zero-order valence-electron chi connectivity index (χ0n) is 17.2. The van der Waals surface area contributed by atoms with E-state index in [0.29, 0.717) is 30.4 Å². The van der Waals surface area contributed by atoms with Gasteiger partial charge in [0.15, 0.2) is 0 Å². The lowest BCUT2D eigenvalue weighted by Gasteiger charge is -2.32. The minimum absolute atomic E-state index is 0.260. The Balaban J connectivity index is 1.41. The van der Waals surface area contributed by atoms with E-state index in [0.717, 1.165) is 25.9 Å². The Morgan fingerprint density at radius 3 is 2.81 bits per heavy atom. The summed E-state index contributed by atoms with van der Waals surface area (Å²) in [5, 5.41) is 8.49. The molecule has 166 valence electrons. The Kier molecular flexibility index (Phi) is 6.44. The van der Waals surface area contributed by atoms with Crippen LogP contribution in [0.3, 0.4) is 0 Å². The Bertz CT molecular complexity index is 1050. The topological polar surface area (TPSA) is 126 Å². The molecule has 4 rings (SSSR count). The summed E-state index contributed by atoms with van der Waals surface area (Å²) in [6.45, 7) is 2.69. The molecule has 6 N–H and O–H groups in total. The van der Waals surface area contributed by atoms with Gasteiger partial charge in [0.2, 0.25) is 15.8 Å². The molecular weight excluding hydrogens is 432 g/mol. The molecule has 0 spiro atoms. The fraction of sp³-hybridized carbons (Fsp3) is 0.381. The molecule has 1 saturated heterocycles. The molecule has 1 fully saturated rings. The van der Waals surface area contributed by atoms with Gasteiger partial charge in [-0.05, 0) is 55.0 Å². The van der Waals surface area contributed by atoms with Crippen LogP contribution in [0.2, 0.25) is 0 Å². The van der Waals surface area contributed by atoms with Crippen molar-refractivity contribution in [1.82, 2.24) is 14.9 Å². The molecule has 31 heavy (non-hydrogen) atoms. The van der Waals surface area contributed by atoms with E-state index in [-0.39, 0.29) is 4.90 Å². The average molecular weight is 461 g/mol. The molecule has 3 heterocycles. The highest BCUT2D eigenvalue weighted by Gasteiger charge is 2.32. The second-order valence-corrected chi connectivity index (χ2v) is 10.9. The minimum Gasteiger partial charge on any atom is -0.384 e. The van der Waals surface area contributed by atoms with Crippen LogP contribution in [0.4, 0.5) is 0 Å². The van der Waals surface area contributed by atoms with Crippen LogP contribution in [-0.2, 0) is 22.4 Å². The normalized spacial score (nSPS) is 24.5. The monoisotopic (exact) mass is 460 g/mol. The highest BCUT2D eigenvalue weighted by molar-refractivity contribution is 7.89. The van der Waals surface area contributed by atoms with Gasteiger partial charge in [0.1, 0.15) is 5.84 Å². The number of rotatable bonds is 7. The first-order valence-corrected chi connectivity index (χ1v) is 12.6. The maximum absolute atomic E-state index is 13.2. The van der Waals surface area contributed by atoms with Crippen LogP contribution >= 0.6 is 11.3 Å². The van der Waals surface area contributed by atoms with Crippen LogP contribution in [0.25, 0.3) is 0 Å². The van der Waals surface area contributed by atoms with E-state index in [1.165, 1.54) is 4.88 Å². The summed E-state index contributed by atoms with van der Waals surface area (Å²) in [5.41, 5.74) is 12.7. The zero-order valence-corrected chi connectivity index (χ0v) is 18.8. The molecule has 8 nitrogen and oxygen atoms in total. The minimum atomic E-state index is -3.57. The lowest BCUT2D eigenvalue weighted by Crippen LogP contribution is -2.49. The molecule has 1 aromatic heterocycles. The lowest BCUT2D eigenvalue weighted by atomic mass is 10.00. The van der Waals surface area contributed by atoms with E-state index in [9.17, 15) is 8.42 Å². The molecule has 10 heteroatoms. The summed E-state index contributed by atoms with van der Waals surface area (Å²) < 4.78 is 28.0. The molecule has 0 aliphatic carbocycles. The Morgan fingerprint density at radius 1 is 1.29 bits per heavy atom. The second kappa shape index (κ2) is 9.09. The van der Waals surface area contributed by atoms with Crippen molar-refractivity contribution in [3.8, 4) is 0 Å². The maximum atomic E-state index is 13.2. The number of hydrogen-bond donors (Lipinski definition) is 4. The number of nitrogens with two attached hydrogens (primary N) is 2. The summed E-state index contributed by atoms with van der Waals surface area (Å²) in [6.07, 6.45) is 5.13. The molecule has 2 aliphatic rings. The van der Waals surface area contributed by atoms with Gasteiger partial charge in [-0.1, -0.05) is 18.2 Å². The summed E-state index contributed by atoms with van der Waals surface area (Å²) in [6, 6.07) is 10.7. The molecule has 0 bridgehead atoms. The number of aliphatic imine (C=N–C) groups is 1. The zero-order chi connectivity index (χ0) is 21.9. The SMILES string of the molecule is NC1=NC(N)(c2ccc(S(=O)(=O)N3CCCC(CNCc4cccs4)C3)cc2)NC=C1. The van der Waals surface area contributed by atoms with Crippen LogP contribution in [0.15, 0.2) is 63.9 Å². The second-order valence-electron chi connectivity index (χ2n) is 7.89.